The highest BCUT2D eigenvalue weighted by atomic mass is 35.5. The Morgan fingerprint density at radius 3 is 1.53 bits per heavy atom. The molecule has 3 heterocycles. The van der Waals surface area contributed by atoms with Crippen molar-refractivity contribution in [2.75, 3.05) is 0 Å². The van der Waals surface area contributed by atoms with Gasteiger partial charge >= 0.3 is 19.3 Å². The van der Waals surface area contributed by atoms with Crippen LogP contribution in [-0.2, 0) is 18.8 Å². The fourth-order valence-corrected chi connectivity index (χ4v) is 6.04. The molecule has 0 saturated carbocycles. The summed E-state index contributed by atoms with van der Waals surface area (Å²) in [6.45, 7) is 27.1. The van der Waals surface area contributed by atoms with Crippen molar-refractivity contribution in [3.8, 4) is 11.3 Å². The summed E-state index contributed by atoms with van der Waals surface area (Å²) in [6.07, 6.45) is 2.28. The van der Waals surface area contributed by atoms with Gasteiger partial charge in [0.2, 0.25) is 10.6 Å². The summed E-state index contributed by atoms with van der Waals surface area (Å²) in [6, 6.07) is 15.1. The summed E-state index contributed by atoms with van der Waals surface area (Å²) in [4.78, 5) is 39.2. The molecule has 16 heteroatoms. The van der Waals surface area contributed by atoms with E-state index < -0.39 is 23.4 Å². The fourth-order valence-electron chi connectivity index (χ4n) is 5.57. The first kappa shape index (κ1) is 48.4. The molecule has 0 bridgehead atoms. The number of carbonyl (C=O) groups is 2. The lowest BCUT2D eigenvalue weighted by Gasteiger charge is -2.32. The summed E-state index contributed by atoms with van der Waals surface area (Å²) < 4.78 is 22.9. The monoisotopic (exact) mass is 856 g/mol. The second kappa shape index (κ2) is 19.8. The highest BCUT2D eigenvalue weighted by molar-refractivity contribution is 6.62. The highest BCUT2D eigenvalue weighted by Gasteiger charge is 2.51. The molecule has 2 amide bonds. The van der Waals surface area contributed by atoms with Crippen LogP contribution in [0.2, 0.25) is 15.7 Å². The van der Waals surface area contributed by atoms with Crippen LogP contribution < -0.4 is 16.1 Å². The zero-order valence-electron chi connectivity index (χ0n) is 35.9. The van der Waals surface area contributed by atoms with E-state index in [1.54, 1.807) is 12.3 Å². The van der Waals surface area contributed by atoms with E-state index in [-0.39, 0.29) is 41.0 Å². The molecule has 5 rings (SSSR count). The van der Waals surface area contributed by atoms with Crippen LogP contribution in [-0.4, -0.2) is 61.6 Å². The van der Waals surface area contributed by atoms with E-state index in [0.29, 0.717) is 5.15 Å². The van der Waals surface area contributed by atoms with Gasteiger partial charge in [-0.1, -0.05) is 41.9 Å². The van der Waals surface area contributed by atoms with E-state index >= 15 is 0 Å². The van der Waals surface area contributed by atoms with Crippen LogP contribution in [0.4, 0.5) is 9.59 Å². The zero-order chi connectivity index (χ0) is 43.8. The Bertz CT molecular complexity index is 2010. The Kier molecular flexibility index (Phi) is 16.5. The van der Waals surface area contributed by atoms with Crippen molar-refractivity contribution in [2.24, 2.45) is 0 Å². The van der Waals surface area contributed by atoms with Gasteiger partial charge in [-0.25, -0.2) is 29.5 Å². The summed E-state index contributed by atoms with van der Waals surface area (Å²) in [5.41, 5.74) is 5.10. The molecule has 2 aromatic heterocycles. The maximum absolute atomic E-state index is 12.0. The lowest BCUT2D eigenvalue weighted by Crippen LogP contribution is -2.41. The number of aryl methyl sites for hydroxylation is 2. The predicted octanol–water partition coefficient (Wildman–Crippen LogP) is 10.4. The molecule has 2 atom stereocenters. The average Bonchev–Trinajstić information content (AvgIpc) is 3.29. The van der Waals surface area contributed by atoms with Crippen LogP contribution in [0, 0.1) is 13.8 Å². The molecule has 0 spiro atoms. The first-order chi connectivity index (χ1) is 26.7. The number of hydrogen-bond donors (Lipinski definition) is 2. The van der Waals surface area contributed by atoms with Crippen LogP contribution in [0.5, 0.6) is 0 Å². The minimum Gasteiger partial charge on any atom is -0.444 e. The number of carbonyl (C=O) groups excluding carboxylic acids is 2. The second-order valence-corrected chi connectivity index (χ2v) is 17.9. The van der Waals surface area contributed by atoms with Crippen LogP contribution >= 0.6 is 34.8 Å². The van der Waals surface area contributed by atoms with Gasteiger partial charge in [0.25, 0.3) is 0 Å². The van der Waals surface area contributed by atoms with Crippen molar-refractivity contribution in [1.82, 2.24) is 30.6 Å². The van der Waals surface area contributed by atoms with Crippen molar-refractivity contribution >= 4 is 59.6 Å². The van der Waals surface area contributed by atoms with E-state index in [0.717, 1.165) is 39.0 Å². The van der Waals surface area contributed by atoms with Gasteiger partial charge < -0.3 is 29.4 Å². The largest absolute Gasteiger partial charge is 0.494 e. The molecular formula is C42H56BCl3N6O6. The molecule has 1 aliphatic rings. The van der Waals surface area contributed by atoms with Gasteiger partial charge in [0.1, 0.15) is 16.4 Å². The predicted molar refractivity (Wildman–Crippen MR) is 232 cm³/mol. The smallest absolute Gasteiger partial charge is 0.444 e. The number of benzene rings is 2. The Balaban J connectivity index is 0.000000261. The molecule has 0 aliphatic carbocycles. The third-order valence-corrected chi connectivity index (χ3v) is 9.58. The van der Waals surface area contributed by atoms with Gasteiger partial charge in [0, 0.05) is 18.0 Å². The third kappa shape index (κ3) is 15.0. The first-order valence-corrected chi connectivity index (χ1v) is 20.0. The summed E-state index contributed by atoms with van der Waals surface area (Å²) in [5, 5.41) is 6.50. The normalized spacial score (nSPS) is 15.4. The Hall–Kier alpha value is -4.01. The van der Waals surface area contributed by atoms with Gasteiger partial charge in [0.15, 0.2) is 0 Å². The maximum Gasteiger partial charge on any atom is 0.494 e. The minimum absolute atomic E-state index is 0.155. The van der Waals surface area contributed by atoms with Crippen LogP contribution in [0.15, 0.2) is 60.9 Å². The molecule has 58 heavy (non-hydrogen) atoms. The second-order valence-electron chi connectivity index (χ2n) is 16.9. The molecule has 1 aliphatic heterocycles. The standard InChI is InChI=1S/C20H32BNO4.C18H22ClN3O2.C4H2Cl2N2/c1-13-12-15(21-25-19(6,7)20(8,9)26-21)10-11-16(13)14(2)22-17(23)24-18(3,4)5;1-11-10-13(15-8-9-20-16(19)22-15)6-7-14(11)12(2)21-17(23)24-18(3,4)5;5-3-1-2-7-4(6)8-3/h10-12,14H,1-9H3,(H,22,23);6-10,12H,1-5H3,(H,21,23);1-2H. The van der Waals surface area contributed by atoms with Gasteiger partial charge in [0.05, 0.1) is 29.0 Å². The number of rotatable bonds is 6. The van der Waals surface area contributed by atoms with Crippen molar-refractivity contribution < 1.29 is 28.4 Å². The molecule has 1 saturated heterocycles. The highest BCUT2D eigenvalue weighted by Crippen LogP contribution is 2.36. The molecule has 2 N–H and O–H groups in total. The molecular weight excluding hydrogens is 802 g/mol. The SMILES string of the molecule is Cc1cc(-c2ccnc(Cl)n2)ccc1C(C)NC(=O)OC(C)(C)C.Cc1cc(B2OC(C)(C)C(C)(C)O2)ccc1C(C)NC(=O)OC(C)(C)C.Clc1ccnc(Cl)n1. The van der Waals surface area contributed by atoms with Crippen LogP contribution in [0.3, 0.4) is 0 Å². The van der Waals surface area contributed by atoms with Crippen LogP contribution in [0.1, 0.15) is 117 Å². The lowest BCUT2D eigenvalue weighted by atomic mass is 9.77. The van der Waals surface area contributed by atoms with Crippen molar-refractivity contribution in [1.29, 1.82) is 0 Å². The number of hydrogen-bond acceptors (Lipinski definition) is 10. The summed E-state index contributed by atoms with van der Waals surface area (Å²) in [7, 11) is -0.387. The molecule has 1 fully saturated rings. The Morgan fingerprint density at radius 1 is 0.690 bits per heavy atom. The van der Waals surface area contributed by atoms with E-state index in [9.17, 15) is 9.59 Å². The number of halogens is 3. The van der Waals surface area contributed by atoms with Crippen molar-refractivity contribution in [3.63, 3.8) is 0 Å². The average molecular weight is 858 g/mol. The quantitative estimate of drug-likeness (QED) is 0.109. The molecule has 314 valence electrons. The minimum atomic E-state index is -0.519. The number of amides is 2. The summed E-state index contributed by atoms with van der Waals surface area (Å²) >= 11 is 16.6. The van der Waals surface area contributed by atoms with E-state index in [1.807, 2.05) is 133 Å². The summed E-state index contributed by atoms with van der Waals surface area (Å²) in [5.74, 6) is 0. The Labute approximate surface area is 358 Å². The van der Waals surface area contributed by atoms with Gasteiger partial charge in [-0.15, -0.1) is 0 Å². The van der Waals surface area contributed by atoms with Crippen molar-refractivity contribution in [3.05, 3.63) is 98.9 Å². The van der Waals surface area contributed by atoms with Gasteiger partial charge in [-0.05, 0) is 166 Å². The lowest BCUT2D eigenvalue weighted by molar-refractivity contribution is 0.00578. The molecule has 0 radical (unpaired) electrons. The number of aromatic nitrogens is 4. The van der Waals surface area contributed by atoms with Gasteiger partial charge in [-0.3, -0.25) is 0 Å². The molecule has 4 aromatic rings. The first-order valence-electron chi connectivity index (χ1n) is 18.8. The third-order valence-electron chi connectivity index (χ3n) is 9.00. The van der Waals surface area contributed by atoms with E-state index in [1.165, 1.54) is 6.20 Å². The molecule has 2 aromatic carbocycles. The zero-order valence-corrected chi connectivity index (χ0v) is 38.1. The number of ether oxygens (including phenoxy) is 2. The number of nitrogens with one attached hydrogen (secondary N) is 2. The molecule has 2 unspecified atom stereocenters. The van der Waals surface area contributed by atoms with E-state index in [2.05, 4.69) is 36.6 Å². The van der Waals surface area contributed by atoms with Crippen LogP contribution in [0.25, 0.3) is 11.3 Å². The Morgan fingerprint density at radius 2 is 1.14 bits per heavy atom. The molecule has 12 nitrogen and oxygen atoms in total. The topological polar surface area (TPSA) is 147 Å². The number of alkyl carbamates (subject to hydrolysis) is 2. The van der Waals surface area contributed by atoms with Gasteiger partial charge in [-0.2, -0.15) is 0 Å². The maximum atomic E-state index is 12.0. The number of nitrogens with zero attached hydrogens (tertiary/aromatic N) is 4. The van der Waals surface area contributed by atoms with E-state index in [4.69, 9.17) is 53.6 Å². The fraction of sp³-hybridized carbons (Fsp3) is 0.476. The van der Waals surface area contributed by atoms with Crippen molar-refractivity contribution in [2.45, 2.75) is 131 Å².